The maximum atomic E-state index is 6.21. The fourth-order valence-corrected chi connectivity index (χ4v) is 2.70. The van der Waals surface area contributed by atoms with Crippen LogP contribution in [0, 0.1) is 13.8 Å². The van der Waals surface area contributed by atoms with Crippen molar-refractivity contribution in [2.24, 2.45) is 0 Å². The number of hydrogen-bond acceptors (Lipinski definition) is 2. The molecule has 0 radical (unpaired) electrons. The number of methoxy groups -OCH3 is 1. The highest BCUT2D eigenvalue weighted by Gasteiger charge is 2.08. The summed E-state index contributed by atoms with van der Waals surface area (Å²) >= 11 is 6.21. The monoisotopic (exact) mass is 289 g/mol. The second-order valence-corrected chi connectivity index (χ2v) is 5.39. The van der Waals surface area contributed by atoms with E-state index in [-0.39, 0.29) is 0 Å². The topological polar surface area (TPSA) is 21.3 Å². The van der Waals surface area contributed by atoms with Crippen molar-refractivity contribution in [3.05, 3.63) is 52.0 Å². The van der Waals surface area contributed by atoms with Crippen molar-refractivity contribution in [3.8, 4) is 16.9 Å². The van der Waals surface area contributed by atoms with Crippen LogP contribution < -0.4 is 10.1 Å². The van der Waals surface area contributed by atoms with Crippen LogP contribution in [0.3, 0.4) is 0 Å². The first-order valence-corrected chi connectivity index (χ1v) is 7.03. The van der Waals surface area contributed by atoms with E-state index in [1.165, 1.54) is 11.1 Å². The van der Waals surface area contributed by atoms with E-state index in [1.807, 2.05) is 13.1 Å². The van der Waals surface area contributed by atoms with Crippen LogP contribution in [0.4, 0.5) is 0 Å². The average molecular weight is 290 g/mol. The highest BCUT2D eigenvalue weighted by molar-refractivity contribution is 6.31. The molecule has 0 aliphatic rings. The summed E-state index contributed by atoms with van der Waals surface area (Å²) in [7, 11) is 3.63. The normalized spacial score (nSPS) is 10.7. The molecule has 2 aromatic carbocycles. The SMILES string of the molecule is CNCc1cc(-c2cc(C)c(OC)c(C)c2)ccc1Cl. The van der Waals surface area contributed by atoms with Crippen molar-refractivity contribution in [3.63, 3.8) is 0 Å². The van der Waals surface area contributed by atoms with Gasteiger partial charge in [0.15, 0.2) is 0 Å². The van der Waals surface area contributed by atoms with Gasteiger partial charge in [-0.05, 0) is 73.0 Å². The Bertz CT molecular complexity index is 599. The Morgan fingerprint density at radius 3 is 2.25 bits per heavy atom. The molecule has 0 aromatic heterocycles. The molecule has 20 heavy (non-hydrogen) atoms. The van der Waals surface area contributed by atoms with Gasteiger partial charge in [0, 0.05) is 11.6 Å². The van der Waals surface area contributed by atoms with E-state index < -0.39 is 0 Å². The minimum atomic E-state index is 0.765. The molecule has 2 aromatic rings. The lowest BCUT2D eigenvalue weighted by Crippen LogP contribution is -2.05. The molecule has 1 N–H and O–H groups in total. The number of ether oxygens (including phenoxy) is 1. The van der Waals surface area contributed by atoms with Crippen LogP contribution in [-0.2, 0) is 6.54 Å². The van der Waals surface area contributed by atoms with Gasteiger partial charge in [-0.2, -0.15) is 0 Å². The van der Waals surface area contributed by atoms with E-state index in [1.54, 1.807) is 7.11 Å². The van der Waals surface area contributed by atoms with Gasteiger partial charge in [-0.25, -0.2) is 0 Å². The maximum absolute atomic E-state index is 6.21. The minimum absolute atomic E-state index is 0.765. The van der Waals surface area contributed by atoms with Gasteiger partial charge < -0.3 is 10.1 Å². The van der Waals surface area contributed by atoms with Crippen LogP contribution in [0.25, 0.3) is 11.1 Å². The predicted molar refractivity (Wildman–Crippen MR) is 85.7 cm³/mol. The van der Waals surface area contributed by atoms with Crippen LogP contribution in [-0.4, -0.2) is 14.2 Å². The fourth-order valence-electron chi connectivity index (χ4n) is 2.52. The first-order chi connectivity index (χ1) is 9.56. The Morgan fingerprint density at radius 1 is 1.05 bits per heavy atom. The van der Waals surface area contributed by atoms with Crippen molar-refractivity contribution in [2.75, 3.05) is 14.2 Å². The van der Waals surface area contributed by atoms with Crippen LogP contribution >= 0.6 is 11.6 Å². The Balaban J connectivity index is 2.49. The summed E-state index contributed by atoms with van der Waals surface area (Å²) in [5, 5.41) is 3.94. The molecule has 2 nitrogen and oxygen atoms in total. The van der Waals surface area contributed by atoms with Gasteiger partial charge >= 0.3 is 0 Å². The summed E-state index contributed by atoms with van der Waals surface area (Å²) in [5.41, 5.74) is 5.77. The number of halogens is 1. The molecule has 0 saturated heterocycles. The zero-order chi connectivity index (χ0) is 14.7. The van der Waals surface area contributed by atoms with E-state index in [4.69, 9.17) is 16.3 Å². The molecule has 0 amide bonds. The molecule has 0 atom stereocenters. The molecule has 0 saturated carbocycles. The lowest BCUT2D eigenvalue weighted by atomic mass is 9.98. The smallest absolute Gasteiger partial charge is 0.124 e. The second kappa shape index (κ2) is 6.29. The van der Waals surface area contributed by atoms with Crippen molar-refractivity contribution < 1.29 is 4.74 Å². The molecular weight excluding hydrogens is 270 g/mol. The molecule has 0 aliphatic carbocycles. The predicted octanol–water partition coefficient (Wildman–Crippen LogP) is 4.35. The van der Waals surface area contributed by atoms with Crippen molar-refractivity contribution in [2.45, 2.75) is 20.4 Å². The van der Waals surface area contributed by atoms with Gasteiger partial charge in [0.05, 0.1) is 7.11 Å². The van der Waals surface area contributed by atoms with Crippen molar-refractivity contribution >= 4 is 11.6 Å². The van der Waals surface area contributed by atoms with Crippen molar-refractivity contribution in [1.82, 2.24) is 5.32 Å². The maximum Gasteiger partial charge on any atom is 0.124 e. The van der Waals surface area contributed by atoms with Gasteiger partial charge in [0.2, 0.25) is 0 Å². The highest BCUT2D eigenvalue weighted by Crippen LogP contribution is 2.31. The van der Waals surface area contributed by atoms with Crippen LogP contribution in [0.1, 0.15) is 16.7 Å². The van der Waals surface area contributed by atoms with E-state index >= 15 is 0 Å². The summed E-state index contributed by atoms with van der Waals surface area (Å²) in [6.07, 6.45) is 0. The first kappa shape index (κ1) is 14.9. The first-order valence-electron chi connectivity index (χ1n) is 6.65. The minimum Gasteiger partial charge on any atom is -0.496 e. The number of nitrogens with one attached hydrogen (secondary N) is 1. The third kappa shape index (κ3) is 2.97. The molecule has 0 bridgehead atoms. The Kier molecular flexibility index (Phi) is 4.69. The standard InChI is InChI=1S/C17H20ClNO/c1-11-7-14(8-12(2)17(11)20-4)13-5-6-16(18)15(9-13)10-19-3/h5-9,19H,10H2,1-4H3. The second-order valence-electron chi connectivity index (χ2n) is 4.98. The van der Waals surface area contributed by atoms with Gasteiger partial charge in [0.25, 0.3) is 0 Å². The summed E-state index contributed by atoms with van der Waals surface area (Å²) in [6.45, 7) is 4.90. The summed E-state index contributed by atoms with van der Waals surface area (Å²) in [4.78, 5) is 0. The molecule has 3 heteroatoms. The zero-order valence-electron chi connectivity index (χ0n) is 12.4. The number of rotatable bonds is 4. The van der Waals surface area contributed by atoms with Crippen LogP contribution in [0.2, 0.25) is 5.02 Å². The zero-order valence-corrected chi connectivity index (χ0v) is 13.1. The van der Waals surface area contributed by atoms with E-state index in [0.717, 1.165) is 34.0 Å². The summed E-state index contributed by atoms with van der Waals surface area (Å²) in [5.74, 6) is 0.957. The Morgan fingerprint density at radius 2 is 1.70 bits per heavy atom. The Hall–Kier alpha value is -1.51. The third-order valence-corrected chi connectivity index (χ3v) is 3.78. The lowest BCUT2D eigenvalue weighted by molar-refractivity contribution is 0.408. The summed E-state index contributed by atoms with van der Waals surface area (Å²) in [6, 6.07) is 10.5. The van der Waals surface area contributed by atoms with E-state index in [2.05, 4.69) is 43.4 Å². The van der Waals surface area contributed by atoms with Crippen LogP contribution in [0.5, 0.6) is 5.75 Å². The molecule has 0 heterocycles. The lowest BCUT2D eigenvalue weighted by Gasteiger charge is -2.13. The molecular formula is C17H20ClNO. The molecule has 106 valence electrons. The van der Waals surface area contributed by atoms with Crippen molar-refractivity contribution in [1.29, 1.82) is 0 Å². The van der Waals surface area contributed by atoms with Gasteiger partial charge in [-0.15, -0.1) is 0 Å². The average Bonchev–Trinajstić information content (AvgIpc) is 2.41. The summed E-state index contributed by atoms with van der Waals surface area (Å²) < 4.78 is 5.42. The fraction of sp³-hybridized carbons (Fsp3) is 0.294. The number of benzene rings is 2. The Labute approximate surface area is 125 Å². The van der Waals surface area contributed by atoms with Gasteiger partial charge in [0.1, 0.15) is 5.75 Å². The molecule has 0 fully saturated rings. The van der Waals surface area contributed by atoms with Gasteiger partial charge in [-0.1, -0.05) is 17.7 Å². The number of hydrogen-bond donors (Lipinski definition) is 1. The molecule has 0 spiro atoms. The van der Waals surface area contributed by atoms with Crippen LogP contribution in [0.15, 0.2) is 30.3 Å². The quantitative estimate of drug-likeness (QED) is 0.903. The van der Waals surface area contributed by atoms with Gasteiger partial charge in [-0.3, -0.25) is 0 Å². The molecule has 2 rings (SSSR count). The van der Waals surface area contributed by atoms with E-state index in [0.29, 0.717) is 0 Å². The molecule has 0 aliphatic heterocycles. The number of aryl methyl sites for hydroxylation is 2. The van der Waals surface area contributed by atoms with E-state index in [9.17, 15) is 0 Å². The largest absolute Gasteiger partial charge is 0.496 e. The third-order valence-electron chi connectivity index (χ3n) is 3.41. The molecule has 0 unspecified atom stereocenters. The highest BCUT2D eigenvalue weighted by atomic mass is 35.5.